The molecule has 0 saturated heterocycles. The average Bonchev–Trinajstić information content (AvgIpc) is 2.73. The van der Waals surface area contributed by atoms with Crippen LogP contribution in [0.3, 0.4) is 0 Å². The summed E-state index contributed by atoms with van der Waals surface area (Å²) in [5, 5.41) is 4.88. The van der Waals surface area contributed by atoms with Gasteiger partial charge in [-0.2, -0.15) is 5.10 Å². The smallest absolute Gasteiger partial charge is 0.161 e. The number of nitrogens with two attached hydrogens (primary N) is 1. The lowest BCUT2D eigenvalue weighted by Gasteiger charge is -2.14. The van der Waals surface area contributed by atoms with Gasteiger partial charge in [0.25, 0.3) is 0 Å². The highest BCUT2D eigenvalue weighted by atomic mass is 35.5. The topological polar surface area (TPSA) is 53.1 Å². The van der Waals surface area contributed by atoms with Gasteiger partial charge in [0.2, 0.25) is 0 Å². The minimum Gasteiger partial charge on any atom is -0.493 e. The molecule has 0 aliphatic heterocycles. The van der Waals surface area contributed by atoms with Crippen LogP contribution in [0.25, 0.3) is 0 Å². The number of ether oxygens (including phenoxy) is 1. The van der Waals surface area contributed by atoms with Crippen LogP contribution in [0.2, 0.25) is 5.02 Å². The first kappa shape index (κ1) is 12.9. The Hall–Kier alpha value is -1.52. The second-order valence-electron chi connectivity index (χ2n) is 4.16. The zero-order valence-corrected chi connectivity index (χ0v) is 11.2. The highest BCUT2D eigenvalue weighted by Gasteiger charge is 2.17. The molecule has 0 amide bonds. The highest BCUT2D eigenvalue weighted by molar-refractivity contribution is 6.30. The molecule has 0 aliphatic rings. The van der Waals surface area contributed by atoms with Crippen molar-refractivity contribution in [1.82, 2.24) is 9.78 Å². The second kappa shape index (κ2) is 5.42. The number of benzene rings is 1. The van der Waals surface area contributed by atoms with Crippen LogP contribution in [0.5, 0.6) is 5.75 Å². The monoisotopic (exact) mass is 265 g/mol. The van der Waals surface area contributed by atoms with E-state index in [0.29, 0.717) is 6.42 Å². The van der Waals surface area contributed by atoms with E-state index in [4.69, 9.17) is 22.1 Å². The average molecular weight is 266 g/mol. The summed E-state index contributed by atoms with van der Waals surface area (Å²) in [5.74, 6) is 0.721. The van der Waals surface area contributed by atoms with Gasteiger partial charge in [-0.3, -0.25) is 4.68 Å². The van der Waals surface area contributed by atoms with Crippen LogP contribution in [-0.2, 0) is 13.5 Å². The fourth-order valence-electron chi connectivity index (χ4n) is 1.98. The molecule has 2 N–H and O–H groups in total. The molecule has 2 rings (SSSR count). The Kier molecular flexibility index (Phi) is 3.89. The van der Waals surface area contributed by atoms with Crippen LogP contribution in [0.1, 0.15) is 17.3 Å². The number of aromatic nitrogens is 2. The predicted molar refractivity (Wildman–Crippen MR) is 71.8 cm³/mol. The second-order valence-corrected chi connectivity index (χ2v) is 4.60. The van der Waals surface area contributed by atoms with Gasteiger partial charge in [0.15, 0.2) is 5.75 Å². The molecule has 1 aromatic heterocycles. The Morgan fingerprint density at radius 1 is 1.39 bits per heavy atom. The van der Waals surface area contributed by atoms with E-state index in [1.807, 2.05) is 31.3 Å². The van der Waals surface area contributed by atoms with E-state index in [2.05, 4.69) is 5.10 Å². The number of hydrogen-bond acceptors (Lipinski definition) is 3. The zero-order valence-electron chi connectivity index (χ0n) is 10.4. The molecule has 4 nitrogen and oxygen atoms in total. The number of aryl methyl sites for hydroxylation is 1. The molecule has 96 valence electrons. The number of hydrogen-bond donors (Lipinski definition) is 1. The summed E-state index contributed by atoms with van der Waals surface area (Å²) in [7, 11) is 3.48. The van der Waals surface area contributed by atoms with Gasteiger partial charge in [-0.1, -0.05) is 23.7 Å². The summed E-state index contributed by atoms with van der Waals surface area (Å²) in [6.07, 6.45) is 2.39. The van der Waals surface area contributed by atoms with Crippen LogP contribution < -0.4 is 10.5 Å². The maximum absolute atomic E-state index is 6.21. The van der Waals surface area contributed by atoms with E-state index in [-0.39, 0.29) is 6.04 Å². The fraction of sp³-hybridized carbons (Fsp3) is 0.308. The maximum Gasteiger partial charge on any atom is 0.161 e. The van der Waals surface area contributed by atoms with Crippen molar-refractivity contribution in [3.05, 3.63) is 46.7 Å². The summed E-state index contributed by atoms with van der Waals surface area (Å²) in [4.78, 5) is 0. The van der Waals surface area contributed by atoms with Crippen molar-refractivity contribution in [2.45, 2.75) is 12.5 Å². The summed E-state index contributed by atoms with van der Waals surface area (Å²) in [5.41, 5.74) is 8.24. The molecule has 0 radical (unpaired) electrons. The first-order valence-corrected chi connectivity index (χ1v) is 6.05. The van der Waals surface area contributed by atoms with Crippen molar-refractivity contribution in [3.63, 3.8) is 0 Å². The molecule has 0 fully saturated rings. The van der Waals surface area contributed by atoms with E-state index < -0.39 is 0 Å². The summed E-state index contributed by atoms with van der Waals surface area (Å²) in [6.45, 7) is 0. The van der Waals surface area contributed by atoms with Crippen LogP contribution in [0.4, 0.5) is 0 Å². The standard InChI is InChI=1S/C13H16ClN3O/c1-17-13(12(18-2)8-16-17)11(15)7-9-3-5-10(14)6-4-9/h3-6,8,11H,7,15H2,1-2H3. The maximum atomic E-state index is 6.21. The zero-order chi connectivity index (χ0) is 13.1. The first-order valence-electron chi connectivity index (χ1n) is 5.67. The van der Waals surface area contributed by atoms with E-state index in [1.54, 1.807) is 18.0 Å². The third kappa shape index (κ3) is 2.66. The van der Waals surface area contributed by atoms with Gasteiger partial charge in [-0.25, -0.2) is 0 Å². The molecule has 0 bridgehead atoms. The molecule has 18 heavy (non-hydrogen) atoms. The van der Waals surface area contributed by atoms with Crippen LogP contribution in [0.15, 0.2) is 30.5 Å². The third-order valence-corrected chi connectivity index (χ3v) is 3.14. The lowest BCUT2D eigenvalue weighted by atomic mass is 10.0. The van der Waals surface area contributed by atoms with E-state index >= 15 is 0 Å². The number of rotatable bonds is 4. The molecule has 1 aromatic carbocycles. The first-order chi connectivity index (χ1) is 8.61. The van der Waals surface area contributed by atoms with Gasteiger partial charge in [0, 0.05) is 12.1 Å². The normalized spacial score (nSPS) is 12.4. The quantitative estimate of drug-likeness (QED) is 0.923. The van der Waals surface area contributed by atoms with E-state index in [1.165, 1.54) is 0 Å². The molecule has 1 unspecified atom stereocenters. The van der Waals surface area contributed by atoms with Crippen molar-refractivity contribution >= 4 is 11.6 Å². The largest absolute Gasteiger partial charge is 0.493 e. The van der Waals surface area contributed by atoms with Crippen molar-refractivity contribution in [2.75, 3.05) is 7.11 Å². The lowest BCUT2D eigenvalue weighted by Crippen LogP contribution is -2.18. The molecule has 0 aliphatic carbocycles. The van der Waals surface area contributed by atoms with Crippen LogP contribution in [0, 0.1) is 0 Å². The highest BCUT2D eigenvalue weighted by Crippen LogP contribution is 2.25. The molecule has 1 atom stereocenters. The molecule has 2 aromatic rings. The van der Waals surface area contributed by atoms with Crippen molar-refractivity contribution < 1.29 is 4.74 Å². The number of halogens is 1. The van der Waals surface area contributed by atoms with Gasteiger partial charge in [0.05, 0.1) is 25.0 Å². The van der Waals surface area contributed by atoms with E-state index in [0.717, 1.165) is 22.0 Å². The Morgan fingerprint density at radius 3 is 2.67 bits per heavy atom. The van der Waals surface area contributed by atoms with Crippen molar-refractivity contribution in [3.8, 4) is 5.75 Å². The Morgan fingerprint density at radius 2 is 2.06 bits per heavy atom. The molecule has 1 heterocycles. The van der Waals surface area contributed by atoms with Crippen molar-refractivity contribution in [2.24, 2.45) is 12.8 Å². The van der Waals surface area contributed by atoms with Gasteiger partial charge in [-0.15, -0.1) is 0 Å². The fourth-order valence-corrected chi connectivity index (χ4v) is 2.10. The Balaban J connectivity index is 2.18. The van der Waals surface area contributed by atoms with Gasteiger partial charge in [-0.05, 0) is 24.1 Å². The summed E-state index contributed by atoms with van der Waals surface area (Å²) >= 11 is 5.86. The molecule has 0 spiro atoms. The molecular weight excluding hydrogens is 250 g/mol. The summed E-state index contributed by atoms with van der Waals surface area (Å²) < 4.78 is 7.01. The van der Waals surface area contributed by atoms with Crippen LogP contribution in [-0.4, -0.2) is 16.9 Å². The third-order valence-electron chi connectivity index (χ3n) is 2.89. The van der Waals surface area contributed by atoms with Gasteiger partial charge >= 0.3 is 0 Å². The molecule has 0 saturated carbocycles. The van der Waals surface area contributed by atoms with Gasteiger partial charge in [0.1, 0.15) is 0 Å². The number of methoxy groups -OCH3 is 1. The van der Waals surface area contributed by atoms with Gasteiger partial charge < -0.3 is 10.5 Å². The Labute approximate surface area is 111 Å². The molecule has 5 heteroatoms. The van der Waals surface area contributed by atoms with Crippen molar-refractivity contribution in [1.29, 1.82) is 0 Å². The van der Waals surface area contributed by atoms with E-state index in [9.17, 15) is 0 Å². The van der Waals surface area contributed by atoms with Crippen LogP contribution >= 0.6 is 11.6 Å². The minimum atomic E-state index is -0.159. The number of nitrogens with zero attached hydrogens (tertiary/aromatic N) is 2. The molecular formula is C13H16ClN3O. The predicted octanol–water partition coefficient (Wildman–Crippen LogP) is 2.32. The Bertz CT molecular complexity index is 522. The SMILES string of the molecule is COc1cnn(C)c1C(N)Cc1ccc(Cl)cc1. The lowest BCUT2D eigenvalue weighted by molar-refractivity contribution is 0.402. The summed E-state index contributed by atoms with van der Waals surface area (Å²) in [6, 6.07) is 7.53. The minimum absolute atomic E-state index is 0.159.